The Labute approximate surface area is 247 Å². The summed E-state index contributed by atoms with van der Waals surface area (Å²) >= 11 is 0. The van der Waals surface area contributed by atoms with E-state index in [0.29, 0.717) is 29.0 Å². The Morgan fingerprint density at radius 3 is 2.50 bits per heavy atom. The van der Waals surface area contributed by atoms with Gasteiger partial charge in [-0.3, -0.25) is 4.79 Å². The summed E-state index contributed by atoms with van der Waals surface area (Å²) in [5, 5.41) is 17.1. The van der Waals surface area contributed by atoms with Crippen molar-refractivity contribution in [1.82, 2.24) is 14.9 Å². The lowest BCUT2D eigenvalue weighted by Gasteiger charge is -2.41. The van der Waals surface area contributed by atoms with Crippen LogP contribution in [0, 0.1) is 5.41 Å². The molecule has 2 fully saturated rings. The Balaban J connectivity index is 1.40. The molecule has 1 aromatic heterocycles. The summed E-state index contributed by atoms with van der Waals surface area (Å²) in [6.45, 7) is 7.87. The van der Waals surface area contributed by atoms with Crippen LogP contribution in [0.25, 0.3) is 11.3 Å². The number of hydrogen-bond acceptors (Lipinski definition) is 9. The fourth-order valence-electron chi connectivity index (χ4n) is 5.92. The van der Waals surface area contributed by atoms with Gasteiger partial charge in [0.1, 0.15) is 17.9 Å². The van der Waals surface area contributed by atoms with Gasteiger partial charge in [0.15, 0.2) is 0 Å². The highest BCUT2D eigenvalue weighted by Gasteiger charge is 2.27. The Kier molecular flexibility index (Phi) is 9.33. The fourth-order valence-corrected chi connectivity index (χ4v) is 5.92. The minimum Gasteiger partial charge on any atom is -0.494 e. The number of carbonyl (C=O) groups excluding carboxylic acids is 1. The molecule has 0 bridgehead atoms. The molecule has 1 amide bonds. The number of aromatic nitrogens is 2. The van der Waals surface area contributed by atoms with Crippen LogP contribution >= 0.6 is 0 Å². The first kappa shape index (κ1) is 29.1. The lowest BCUT2D eigenvalue weighted by Crippen LogP contribution is -2.46. The molecule has 10 heteroatoms. The van der Waals surface area contributed by atoms with Crippen molar-refractivity contribution >= 4 is 40.7 Å². The second-order valence-electron chi connectivity index (χ2n) is 10.7. The highest BCUT2D eigenvalue weighted by atomic mass is 16.5. The molecule has 2 aliphatic heterocycles. The average molecular weight is 569 g/mol. The number of ether oxygens (including phenoxy) is 1. The number of carbonyl (C=O) groups is 1. The summed E-state index contributed by atoms with van der Waals surface area (Å²) in [5.41, 5.74) is 5.55. The van der Waals surface area contributed by atoms with Gasteiger partial charge in [0.2, 0.25) is 5.91 Å². The van der Waals surface area contributed by atoms with Gasteiger partial charge in [0.25, 0.3) is 0 Å². The SMILES string of the molecule is C=CC(=O)Nc1cc(Nc2cc(-c3ccc(C=N)c(NC)c3)ncn2)c(OC)cc1N1CCC(N2CCCCC2)CC1. The molecule has 0 atom stereocenters. The second-order valence-corrected chi connectivity index (χ2v) is 10.7. The van der Waals surface area contributed by atoms with E-state index in [1.165, 1.54) is 51.0 Å². The van der Waals surface area contributed by atoms with E-state index in [1.807, 2.05) is 43.4 Å². The van der Waals surface area contributed by atoms with E-state index in [9.17, 15) is 4.79 Å². The van der Waals surface area contributed by atoms with Crippen molar-refractivity contribution < 1.29 is 9.53 Å². The van der Waals surface area contributed by atoms with Crippen molar-refractivity contribution in [2.45, 2.75) is 38.1 Å². The minimum absolute atomic E-state index is 0.270. The molecule has 0 unspecified atom stereocenters. The zero-order chi connectivity index (χ0) is 29.5. The molecule has 4 N–H and O–H groups in total. The van der Waals surface area contributed by atoms with Crippen LogP contribution in [0.2, 0.25) is 0 Å². The standard InChI is InChI=1S/C32H40N8O2/c1-4-32(41)38-27-17-28(37-31-18-26(35-21-36-31)22-8-9-23(20-33)25(16-22)34-2)30(42-3)19-29(27)40-14-10-24(11-15-40)39-12-6-5-7-13-39/h4,8-9,16-21,24,33-34H,1,5-7,10-15H2,2-3H3,(H,38,41)(H,35,36,37). The first-order chi connectivity index (χ1) is 20.5. The molecule has 2 aromatic carbocycles. The van der Waals surface area contributed by atoms with Crippen molar-refractivity contribution in [1.29, 1.82) is 5.41 Å². The number of rotatable bonds is 10. The van der Waals surface area contributed by atoms with Crippen LogP contribution in [0.15, 0.2) is 55.4 Å². The molecule has 3 heterocycles. The topological polar surface area (TPSA) is 118 Å². The quantitative estimate of drug-likeness (QED) is 0.187. The maximum atomic E-state index is 12.5. The largest absolute Gasteiger partial charge is 0.494 e. The number of methoxy groups -OCH3 is 1. The minimum atomic E-state index is -0.270. The van der Waals surface area contributed by atoms with E-state index in [1.54, 1.807) is 7.11 Å². The zero-order valence-corrected chi connectivity index (χ0v) is 24.4. The van der Waals surface area contributed by atoms with Crippen molar-refractivity contribution in [3.05, 3.63) is 60.9 Å². The fraction of sp³-hybridized carbons (Fsp3) is 0.375. The molecule has 0 spiro atoms. The van der Waals surface area contributed by atoms with Crippen LogP contribution in [-0.4, -0.2) is 73.4 Å². The van der Waals surface area contributed by atoms with Crippen molar-refractivity contribution in [3.63, 3.8) is 0 Å². The van der Waals surface area contributed by atoms with Gasteiger partial charge in [-0.1, -0.05) is 25.1 Å². The Hall–Kier alpha value is -4.44. The van der Waals surface area contributed by atoms with E-state index >= 15 is 0 Å². The van der Waals surface area contributed by atoms with Crippen LogP contribution < -0.4 is 25.6 Å². The van der Waals surface area contributed by atoms with Gasteiger partial charge in [-0.05, 0) is 57.0 Å². The van der Waals surface area contributed by atoms with Gasteiger partial charge >= 0.3 is 0 Å². The van der Waals surface area contributed by atoms with Crippen molar-refractivity contribution in [2.75, 3.05) is 61.2 Å². The number of benzene rings is 2. The number of hydrogen-bond donors (Lipinski definition) is 4. The zero-order valence-electron chi connectivity index (χ0n) is 24.4. The number of nitrogens with one attached hydrogen (secondary N) is 4. The molecule has 220 valence electrons. The molecule has 2 aliphatic rings. The van der Waals surface area contributed by atoms with E-state index < -0.39 is 0 Å². The third kappa shape index (κ3) is 6.54. The number of piperidine rings is 2. The van der Waals surface area contributed by atoms with E-state index in [0.717, 1.165) is 54.1 Å². The third-order valence-electron chi connectivity index (χ3n) is 8.18. The molecule has 0 saturated carbocycles. The Morgan fingerprint density at radius 2 is 1.81 bits per heavy atom. The van der Waals surface area contributed by atoms with E-state index in [-0.39, 0.29) is 5.91 Å². The summed E-state index contributed by atoms with van der Waals surface area (Å²) in [5.74, 6) is 0.956. The molecular formula is C32H40N8O2. The normalized spacial score (nSPS) is 16.0. The Morgan fingerprint density at radius 1 is 1.02 bits per heavy atom. The summed E-state index contributed by atoms with van der Waals surface area (Å²) in [4.78, 5) is 26.3. The van der Waals surface area contributed by atoms with Crippen LogP contribution in [0.3, 0.4) is 0 Å². The monoisotopic (exact) mass is 568 g/mol. The van der Waals surface area contributed by atoms with Crippen LogP contribution in [0.1, 0.15) is 37.7 Å². The van der Waals surface area contributed by atoms with E-state index in [4.69, 9.17) is 10.1 Å². The van der Waals surface area contributed by atoms with Gasteiger partial charge < -0.3 is 35.9 Å². The van der Waals surface area contributed by atoms with Crippen LogP contribution in [0.4, 0.5) is 28.6 Å². The maximum Gasteiger partial charge on any atom is 0.247 e. The number of anilines is 5. The predicted octanol–water partition coefficient (Wildman–Crippen LogP) is 5.51. The van der Waals surface area contributed by atoms with Gasteiger partial charge in [0, 0.05) is 61.3 Å². The number of likely N-dealkylation sites (tertiary alicyclic amines) is 1. The second kappa shape index (κ2) is 13.5. The highest BCUT2D eigenvalue weighted by Crippen LogP contribution is 2.40. The van der Waals surface area contributed by atoms with Crippen LogP contribution in [0.5, 0.6) is 5.75 Å². The van der Waals surface area contributed by atoms with E-state index in [2.05, 4.69) is 42.3 Å². The smallest absolute Gasteiger partial charge is 0.247 e. The summed E-state index contributed by atoms with van der Waals surface area (Å²) in [6.07, 6.45) is 10.2. The lowest BCUT2D eigenvalue weighted by molar-refractivity contribution is -0.111. The molecule has 42 heavy (non-hydrogen) atoms. The molecular weight excluding hydrogens is 528 g/mol. The summed E-state index contributed by atoms with van der Waals surface area (Å²) in [6, 6.07) is 12.1. The van der Waals surface area contributed by atoms with Gasteiger partial charge in [-0.15, -0.1) is 0 Å². The molecule has 10 nitrogen and oxygen atoms in total. The van der Waals surface area contributed by atoms with Crippen LogP contribution in [-0.2, 0) is 4.79 Å². The molecule has 5 rings (SSSR count). The number of amides is 1. The lowest BCUT2D eigenvalue weighted by atomic mass is 9.99. The van der Waals surface area contributed by atoms with Crippen molar-refractivity contribution in [3.8, 4) is 17.0 Å². The molecule has 2 saturated heterocycles. The maximum absolute atomic E-state index is 12.5. The first-order valence-electron chi connectivity index (χ1n) is 14.6. The summed E-state index contributed by atoms with van der Waals surface area (Å²) < 4.78 is 5.82. The number of nitrogens with zero attached hydrogens (tertiary/aromatic N) is 4. The van der Waals surface area contributed by atoms with Gasteiger partial charge in [0.05, 0.1) is 29.9 Å². The molecule has 0 radical (unpaired) electrons. The average Bonchev–Trinajstić information content (AvgIpc) is 3.05. The Bertz CT molecular complexity index is 1430. The summed E-state index contributed by atoms with van der Waals surface area (Å²) in [7, 11) is 3.47. The highest BCUT2D eigenvalue weighted by molar-refractivity contribution is 6.02. The van der Waals surface area contributed by atoms with Gasteiger partial charge in [-0.2, -0.15) is 0 Å². The third-order valence-corrected chi connectivity index (χ3v) is 8.18. The van der Waals surface area contributed by atoms with Gasteiger partial charge in [-0.25, -0.2) is 9.97 Å². The predicted molar refractivity (Wildman–Crippen MR) is 171 cm³/mol. The molecule has 3 aromatic rings. The molecule has 0 aliphatic carbocycles. The first-order valence-corrected chi connectivity index (χ1v) is 14.6. The van der Waals surface area contributed by atoms with Crippen molar-refractivity contribution in [2.24, 2.45) is 0 Å².